The van der Waals surface area contributed by atoms with Crippen LogP contribution < -0.4 is 0 Å². The molecule has 0 rings (SSSR count). The zero-order chi connectivity index (χ0) is 9.94. The third kappa shape index (κ3) is 9.74. The lowest BCUT2D eigenvalue weighted by Gasteiger charge is -2.02. The van der Waals surface area contributed by atoms with Crippen molar-refractivity contribution in [3.05, 3.63) is 6.26 Å². The molecule has 0 aliphatic rings. The van der Waals surface area contributed by atoms with Gasteiger partial charge in [-0.2, -0.15) is 0 Å². The summed E-state index contributed by atoms with van der Waals surface area (Å²) in [6.07, 6.45) is 10.6. The van der Waals surface area contributed by atoms with Gasteiger partial charge in [0.1, 0.15) is 0 Å². The van der Waals surface area contributed by atoms with Gasteiger partial charge in [-0.05, 0) is 18.2 Å². The highest BCUT2D eigenvalue weighted by molar-refractivity contribution is 8.14. The van der Waals surface area contributed by atoms with Crippen molar-refractivity contribution in [2.45, 2.75) is 45.4 Å². The fraction of sp³-hybridized carbons (Fsp3) is 0.800. The van der Waals surface area contributed by atoms with Gasteiger partial charge in [0.05, 0.1) is 6.61 Å². The Morgan fingerprint density at radius 1 is 1.23 bits per heavy atom. The van der Waals surface area contributed by atoms with Crippen molar-refractivity contribution >= 4 is 17.1 Å². The van der Waals surface area contributed by atoms with Gasteiger partial charge < -0.3 is 4.74 Å². The molecule has 0 aliphatic carbocycles. The van der Waals surface area contributed by atoms with Crippen LogP contribution in [0, 0.1) is 6.26 Å². The topological polar surface area (TPSA) is 26.3 Å². The van der Waals surface area contributed by atoms with E-state index in [1.807, 2.05) is 0 Å². The molecular formula is C10H19O2S. The van der Waals surface area contributed by atoms with E-state index in [1.165, 1.54) is 25.7 Å². The van der Waals surface area contributed by atoms with E-state index in [0.717, 1.165) is 24.6 Å². The van der Waals surface area contributed by atoms with Crippen LogP contribution in [0.1, 0.15) is 45.4 Å². The summed E-state index contributed by atoms with van der Waals surface area (Å²) >= 11 is 0.886. The van der Waals surface area contributed by atoms with Gasteiger partial charge in [-0.1, -0.05) is 39.0 Å². The van der Waals surface area contributed by atoms with E-state index in [-0.39, 0.29) is 5.30 Å². The molecule has 0 unspecified atom stereocenters. The molecule has 13 heavy (non-hydrogen) atoms. The Hall–Kier alpha value is -0.180. The molecule has 0 aromatic carbocycles. The fourth-order valence-electron chi connectivity index (χ4n) is 1.08. The Balaban J connectivity index is 2.95. The van der Waals surface area contributed by atoms with Gasteiger partial charge in [0.25, 0.3) is 0 Å². The quantitative estimate of drug-likeness (QED) is 0.462. The lowest BCUT2D eigenvalue weighted by atomic mass is 10.1. The summed E-state index contributed by atoms with van der Waals surface area (Å²) in [4.78, 5) is 10.6. The predicted octanol–water partition coefficient (Wildman–Crippen LogP) is 4.01. The first-order valence-electron chi connectivity index (χ1n) is 4.90. The minimum atomic E-state index is -0.270. The summed E-state index contributed by atoms with van der Waals surface area (Å²) in [5.41, 5.74) is 0. The van der Waals surface area contributed by atoms with Crippen LogP contribution in [0.3, 0.4) is 0 Å². The number of hydrogen-bond donors (Lipinski definition) is 0. The molecular weight excluding hydrogens is 184 g/mol. The second-order valence-corrected chi connectivity index (χ2v) is 3.63. The summed E-state index contributed by atoms with van der Waals surface area (Å²) < 4.78 is 4.86. The highest BCUT2D eigenvalue weighted by Crippen LogP contribution is 2.06. The van der Waals surface area contributed by atoms with Crippen LogP contribution >= 0.6 is 11.8 Å². The first-order chi connectivity index (χ1) is 6.31. The first-order valence-corrected chi connectivity index (χ1v) is 5.88. The summed E-state index contributed by atoms with van der Waals surface area (Å²) in [5, 5.41) is -0.270. The van der Waals surface area contributed by atoms with Crippen molar-refractivity contribution in [2.75, 3.05) is 6.61 Å². The number of thioether (sulfide) groups is 1. The van der Waals surface area contributed by atoms with Crippen molar-refractivity contribution in [2.24, 2.45) is 0 Å². The molecule has 77 valence electrons. The number of hydrogen-bond acceptors (Lipinski definition) is 3. The Morgan fingerprint density at radius 2 is 1.85 bits per heavy atom. The van der Waals surface area contributed by atoms with E-state index in [1.54, 1.807) is 0 Å². The van der Waals surface area contributed by atoms with Gasteiger partial charge in [-0.15, -0.1) is 0 Å². The van der Waals surface area contributed by atoms with Gasteiger partial charge in [0, 0.05) is 6.26 Å². The maximum Gasteiger partial charge on any atom is 0.367 e. The van der Waals surface area contributed by atoms with E-state index in [0.29, 0.717) is 6.61 Å². The third-order valence-electron chi connectivity index (χ3n) is 1.84. The second kappa shape index (κ2) is 9.90. The molecule has 0 aromatic rings. The number of carbonyl (C=O) groups is 1. The van der Waals surface area contributed by atoms with E-state index >= 15 is 0 Å². The van der Waals surface area contributed by atoms with Gasteiger partial charge in [-0.3, -0.25) is 0 Å². The molecule has 0 spiro atoms. The predicted molar refractivity (Wildman–Crippen MR) is 57.7 cm³/mol. The number of carbonyl (C=O) groups excluding carboxylic acids is 1. The molecule has 0 atom stereocenters. The molecule has 2 nitrogen and oxygen atoms in total. The highest BCUT2D eigenvalue weighted by Gasteiger charge is 1.97. The molecule has 0 fully saturated rings. The van der Waals surface area contributed by atoms with E-state index in [2.05, 4.69) is 13.2 Å². The Kier molecular flexibility index (Phi) is 9.77. The van der Waals surface area contributed by atoms with Crippen LogP contribution in [0.2, 0.25) is 0 Å². The standard InChI is InChI=1S/C10H19O2S/c1-3-4-5-6-7-8-9-12-10(11)13-2/h2-9H2,1H3. The Labute approximate surface area is 85.4 Å². The smallest absolute Gasteiger partial charge is 0.367 e. The third-order valence-corrected chi connectivity index (χ3v) is 2.19. The fourth-order valence-corrected chi connectivity index (χ4v) is 1.25. The van der Waals surface area contributed by atoms with Gasteiger partial charge >= 0.3 is 5.30 Å². The van der Waals surface area contributed by atoms with Gasteiger partial charge in [0.15, 0.2) is 0 Å². The first kappa shape index (κ1) is 12.8. The molecule has 0 aliphatic heterocycles. The molecule has 0 bridgehead atoms. The van der Waals surface area contributed by atoms with Crippen molar-refractivity contribution < 1.29 is 9.53 Å². The van der Waals surface area contributed by atoms with E-state index in [9.17, 15) is 4.79 Å². The number of ether oxygens (including phenoxy) is 1. The van der Waals surface area contributed by atoms with Crippen molar-refractivity contribution in [1.82, 2.24) is 0 Å². The monoisotopic (exact) mass is 203 g/mol. The molecule has 0 aromatic heterocycles. The minimum absolute atomic E-state index is 0.270. The molecule has 0 saturated carbocycles. The zero-order valence-electron chi connectivity index (χ0n) is 8.38. The lowest BCUT2D eigenvalue weighted by molar-refractivity contribution is 0.172. The average Bonchev–Trinajstić information content (AvgIpc) is 2.16. The SMILES string of the molecule is [CH2]SC(=O)OCCCCCCCC. The van der Waals surface area contributed by atoms with Crippen LogP contribution in [0.5, 0.6) is 0 Å². The summed E-state index contributed by atoms with van der Waals surface area (Å²) in [6, 6.07) is 0. The Bertz CT molecular complexity index is 126. The van der Waals surface area contributed by atoms with Gasteiger partial charge in [0.2, 0.25) is 0 Å². The molecule has 0 heterocycles. The molecule has 0 N–H and O–H groups in total. The minimum Gasteiger partial charge on any atom is -0.458 e. The number of unbranched alkanes of at least 4 members (excludes halogenated alkanes) is 5. The summed E-state index contributed by atoms with van der Waals surface area (Å²) in [7, 11) is 0. The van der Waals surface area contributed by atoms with Crippen molar-refractivity contribution in [1.29, 1.82) is 0 Å². The molecule has 0 amide bonds. The molecule has 0 saturated heterocycles. The maximum absolute atomic E-state index is 10.6. The van der Waals surface area contributed by atoms with Crippen LogP contribution in [0.15, 0.2) is 0 Å². The highest BCUT2D eigenvalue weighted by atomic mass is 32.2. The summed E-state index contributed by atoms with van der Waals surface area (Å²) in [6.45, 7) is 2.75. The molecule has 3 heteroatoms. The van der Waals surface area contributed by atoms with Crippen LogP contribution in [-0.2, 0) is 4.74 Å². The largest absolute Gasteiger partial charge is 0.458 e. The van der Waals surface area contributed by atoms with E-state index in [4.69, 9.17) is 4.74 Å². The van der Waals surface area contributed by atoms with Crippen LogP contribution in [-0.4, -0.2) is 11.9 Å². The maximum atomic E-state index is 10.6. The lowest BCUT2D eigenvalue weighted by Crippen LogP contribution is -1.98. The van der Waals surface area contributed by atoms with Gasteiger partial charge in [-0.25, -0.2) is 4.79 Å². The second-order valence-electron chi connectivity index (χ2n) is 3.01. The zero-order valence-corrected chi connectivity index (χ0v) is 9.20. The summed E-state index contributed by atoms with van der Waals surface area (Å²) in [5.74, 6) is 0. The number of rotatable bonds is 7. The Morgan fingerprint density at radius 3 is 2.46 bits per heavy atom. The van der Waals surface area contributed by atoms with Crippen LogP contribution in [0.25, 0.3) is 0 Å². The van der Waals surface area contributed by atoms with E-state index < -0.39 is 0 Å². The normalized spacial score (nSPS) is 10.0. The molecule has 1 radical (unpaired) electrons. The van der Waals surface area contributed by atoms with Crippen molar-refractivity contribution in [3.63, 3.8) is 0 Å². The van der Waals surface area contributed by atoms with Crippen LogP contribution in [0.4, 0.5) is 4.79 Å². The average molecular weight is 203 g/mol. The van der Waals surface area contributed by atoms with Crippen molar-refractivity contribution in [3.8, 4) is 0 Å².